The molecule has 0 aromatic heterocycles. The number of piperidine rings is 1. The molecule has 0 atom stereocenters. The van der Waals surface area contributed by atoms with Gasteiger partial charge in [0, 0.05) is 18.8 Å². The number of anilines is 2. The monoisotopic (exact) mass is 254 g/mol. The van der Waals surface area contributed by atoms with Gasteiger partial charge in [-0.1, -0.05) is 6.07 Å². The molecule has 0 amide bonds. The lowest BCUT2D eigenvalue weighted by Gasteiger charge is -2.29. The zero-order chi connectivity index (χ0) is 12.3. The van der Waals surface area contributed by atoms with Gasteiger partial charge in [0.05, 0.1) is 11.9 Å². The minimum absolute atomic E-state index is 0.635. The van der Waals surface area contributed by atoms with Crippen molar-refractivity contribution < 1.29 is 8.42 Å². The molecule has 94 valence electrons. The van der Waals surface area contributed by atoms with Gasteiger partial charge >= 0.3 is 0 Å². The summed E-state index contributed by atoms with van der Waals surface area (Å²) >= 11 is 0. The number of nitrogens with one attached hydrogen (secondary N) is 1. The van der Waals surface area contributed by atoms with E-state index in [1.807, 2.05) is 18.2 Å². The van der Waals surface area contributed by atoms with Crippen LogP contribution in [0.15, 0.2) is 24.3 Å². The third kappa shape index (κ3) is 3.63. The third-order valence-electron chi connectivity index (χ3n) is 2.87. The van der Waals surface area contributed by atoms with E-state index in [1.165, 1.54) is 25.5 Å². The Morgan fingerprint density at radius 3 is 2.53 bits per heavy atom. The fourth-order valence-electron chi connectivity index (χ4n) is 2.13. The summed E-state index contributed by atoms with van der Waals surface area (Å²) < 4.78 is 24.8. The molecular weight excluding hydrogens is 236 g/mol. The number of rotatable bonds is 3. The first-order valence-corrected chi connectivity index (χ1v) is 7.76. The van der Waals surface area contributed by atoms with E-state index in [2.05, 4.69) is 9.62 Å². The fraction of sp³-hybridized carbons (Fsp3) is 0.500. The molecule has 0 aliphatic carbocycles. The maximum Gasteiger partial charge on any atom is 0.229 e. The fourth-order valence-corrected chi connectivity index (χ4v) is 2.69. The van der Waals surface area contributed by atoms with Crippen LogP contribution in [0, 0.1) is 0 Å². The van der Waals surface area contributed by atoms with Crippen molar-refractivity contribution in [2.24, 2.45) is 0 Å². The van der Waals surface area contributed by atoms with Gasteiger partial charge in [-0.25, -0.2) is 8.42 Å². The number of sulfonamides is 1. The SMILES string of the molecule is CS(=O)(=O)Nc1cccc(N2CCCCC2)c1. The summed E-state index contributed by atoms with van der Waals surface area (Å²) in [6.07, 6.45) is 4.88. The molecule has 0 radical (unpaired) electrons. The lowest BCUT2D eigenvalue weighted by atomic mass is 10.1. The zero-order valence-corrected chi connectivity index (χ0v) is 10.8. The van der Waals surface area contributed by atoms with Crippen molar-refractivity contribution in [1.82, 2.24) is 0 Å². The number of hydrogen-bond acceptors (Lipinski definition) is 3. The zero-order valence-electron chi connectivity index (χ0n) is 10.0. The molecule has 1 aliphatic rings. The number of benzene rings is 1. The second-order valence-electron chi connectivity index (χ2n) is 4.47. The molecule has 0 unspecified atom stereocenters. The van der Waals surface area contributed by atoms with Crippen molar-refractivity contribution in [3.05, 3.63) is 24.3 Å². The molecule has 1 heterocycles. The normalized spacial score (nSPS) is 16.9. The highest BCUT2D eigenvalue weighted by atomic mass is 32.2. The summed E-state index contributed by atoms with van der Waals surface area (Å²) in [5.41, 5.74) is 1.73. The van der Waals surface area contributed by atoms with E-state index in [9.17, 15) is 8.42 Å². The average molecular weight is 254 g/mol. The van der Waals surface area contributed by atoms with Crippen LogP contribution >= 0.6 is 0 Å². The molecule has 0 saturated carbocycles. The van der Waals surface area contributed by atoms with Crippen LogP contribution in [0.2, 0.25) is 0 Å². The number of hydrogen-bond donors (Lipinski definition) is 1. The minimum Gasteiger partial charge on any atom is -0.371 e. The second-order valence-corrected chi connectivity index (χ2v) is 6.22. The summed E-state index contributed by atoms with van der Waals surface area (Å²) in [6, 6.07) is 7.58. The summed E-state index contributed by atoms with van der Waals surface area (Å²) in [5, 5.41) is 0. The Balaban J connectivity index is 2.16. The van der Waals surface area contributed by atoms with Crippen LogP contribution in [0.25, 0.3) is 0 Å². The van der Waals surface area contributed by atoms with Gasteiger partial charge < -0.3 is 4.90 Å². The molecule has 5 heteroatoms. The standard InChI is InChI=1S/C12H18N2O2S/c1-17(15,16)13-11-6-5-7-12(10-11)14-8-3-2-4-9-14/h5-7,10,13H,2-4,8-9H2,1H3. The first kappa shape index (κ1) is 12.2. The Bertz CT molecular complexity index is 479. The molecule has 4 nitrogen and oxygen atoms in total. The van der Waals surface area contributed by atoms with Crippen molar-refractivity contribution in [1.29, 1.82) is 0 Å². The minimum atomic E-state index is -3.19. The lowest BCUT2D eigenvalue weighted by molar-refractivity contribution is 0.578. The molecule has 1 aliphatic heterocycles. The highest BCUT2D eigenvalue weighted by Gasteiger charge is 2.11. The predicted molar refractivity (Wildman–Crippen MR) is 71.0 cm³/mol. The Morgan fingerprint density at radius 2 is 1.88 bits per heavy atom. The smallest absolute Gasteiger partial charge is 0.229 e. The molecular formula is C12H18N2O2S. The van der Waals surface area contributed by atoms with E-state index in [0.29, 0.717) is 5.69 Å². The van der Waals surface area contributed by atoms with Gasteiger partial charge in [0.2, 0.25) is 10.0 Å². The van der Waals surface area contributed by atoms with Gasteiger partial charge in [0.1, 0.15) is 0 Å². The van der Waals surface area contributed by atoms with Crippen LogP contribution in [0.3, 0.4) is 0 Å². The van der Waals surface area contributed by atoms with E-state index >= 15 is 0 Å². The molecule has 1 fully saturated rings. The second kappa shape index (κ2) is 4.96. The van der Waals surface area contributed by atoms with Gasteiger partial charge in [-0.3, -0.25) is 4.72 Å². The summed E-state index contributed by atoms with van der Waals surface area (Å²) in [6.45, 7) is 2.12. The van der Waals surface area contributed by atoms with E-state index in [1.54, 1.807) is 6.07 Å². The van der Waals surface area contributed by atoms with Gasteiger partial charge in [0.15, 0.2) is 0 Å². The van der Waals surface area contributed by atoms with E-state index in [-0.39, 0.29) is 0 Å². The quantitative estimate of drug-likeness (QED) is 0.898. The van der Waals surface area contributed by atoms with Gasteiger partial charge in [-0.05, 0) is 37.5 Å². The summed E-state index contributed by atoms with van der Waals surface area (Å²) in [4.78, 5) is 2.30. The first-order chi connectivity index (χ1) is 8.04. The van der Waals surface area contributed by atoms with E-state index in [4.69, 9.17) is 0 Å². The van der Waals surface area contributed by atoms with Gasteiger partial charge in [-0.15, -0.1) is 0 Å². The largest absolute Gasteiger partial charge is 0.371 e. The average Bonchev–Trinajstić information content (AvgIpc) is 2.28. The van der Waals surface area contributed by atoms with Crippen molar-refractivity contribution in [2.75, 3.05) is 29.0 Å². The molecule has 1 aromatic rings. The molecule has 1 aromatic carbocycles. The maximum absolute atomic E-state index is 11.2. The predicted octanol–water partition coefficient (Wildman–Crippen LogP) is 2.05. The molecule has 1 saturated heterocycles. The molecule has 0 spiro atoms. The van der Waals surface area contributed by atoms with E-state index in [0.717, 1.165) is 18.8 Å². The Kier molecular flexibility index (Phi) is 3.57. The topological polar surface area (TPSA) is 49.4 Å². The number of nitrogens with zero attached hydrogens (tertiary/aromatic N) is 1. The van der Waals surface area contributed by atoms with Crippen LogP contribution in [0.1, 0.15) is 19.3 Å². The molecule has 2 rings (SSSR count). The van der Waals surface area contributed by atoms with Crippen LogP contribution < -0.4 is 9.62 Å². The van der Waals surface area contributed by atoms with E-state index < -0.39 is 10.0 Å². The highest BCUT2D eigenvalue weighted by Crippen LogP contribution is 2.23. The van der Waals surface area contributed by atoms with Gasteiger partial charge in [-0.2, -0.15) is 0 Å². The van der Waals surface area contributed by atoms with Crippen LogP contribution in [-0.2, 0) is 10.0 Å². The third-order valence-corrected chi connectivity index (χ3v) is 3.48. The Labute approximate surface area is 103 Å². The Hall–Kier alpha value is -1.23. The van der Waals surface area contributed by atoms with Crippen LogP contribution in [0.4, 0.5) is 11.4 Å². The molecule has 17 heavy (non-hydrogen) atoms. The maximum atomic E-state index is 11.2. The summed E-state index contributed by atoms with van der Waals surface area (Å²) in [7, 11) is -3.19. The van der Waals surface area contributed by atoms with Crippen molar-refractivity contribution in [2.45, 2.75) is 19.3 Å². The van der Waals surface area contributed by atoms with Crippen molar-refractivity contribution in [3.63, 3.8) is 0 Å². The summed E-state index contributed by atoms with van der Waals surface area (Å²) in [5.74, 6) is 0. The van der Waals surface area contributed by atoms with Crippen LogP contribution in [0.5, 0.6) is 0 Å². The van der Waals surface area contributed by atoms with Crippen molar-refractivity contribution in [3.8, 4) is 0 Å². The first-order valence-electron chi connectivity index (χ1n) is 5.87. The Morgan fingerprint density at radius 1 is 1.18 bits per heavy atom. The molecule has 0 bridgehead atoms. The highest BCUT2D eigenvalue weighted by molar-refractivity contribution is 7.92. The lowest BCUT2D eigenvalue weighted by Crippen LogP contribution is -2.29. The van der Waals surface area contributed by atoms with Gasteiger partial charge in [0.25, 0.3) is 0 Å². The molecule has 1 N–H and O–H groups in total. The van der Waals surface area contributed by atoms with Crippen molar-refractivity contribution >= 4 is 21.4 Å². The van der Waals surface area contributed by atoms with Crippen LogP contribution in [-0.4, -0.2) is 27.8 Å².